The monoisotopic (exact) mass is 288 g/mol. The lowest BCUT2D eigenvalue weighted by Crippen LogP contribution is -2.63. The van der Waals surface area contributed by atoms with Gasteiger partial charge in [0.2, 0.25) is 0 Å². The van der Waals surface area contributed by atoms with Crippen LogP contribution in [-0.4, -0.2) is 36.1 Å². The minimum atomic E-state index is 0.290. The highest BCUT2D eigenvalue weighted by Gasteiger charge is 2.34. The van der Waals surface area contributed by atoms with Gasteiger partial charge in [0.05, 0.1) is 0 Å². The molecule has 1 heterocycles. The molecule has 1 aliphatic rings. The van der Waals surface area contributed by atoms with E-state index in [1.165, 1.54) is 37.9 Å². The van der Waals surface area contributed by atoms with Crippen LogP contribution in [0.3, 0.4) is 0 Å². The number of benzene rings is 1. The van der Waals surface area contributed by atoms with Crippen molar-refractivity contribution in [1.29, 1.82) is 0 Å². The van der Waals surface area contributed by atoms with Crippen molar-refractivity contribution in [1.82, 2.24) is 10.2 Å². The van der Waals surface area contributed by atoms with Gasteiger partial charge < -0.3 is 5.32 Å². The smallest absolute Gasteiger partial charge is 0.0278 e. The third-order valence-electron chi connectivity index (χ3n) is 4.86. The number of unbranched alkanes of at least 4 members (excludes halogenated alkanes) is 1. The van der Waals surface area contributed by atoms with Gasteiger partial charge in [-0.3, -0.25) is 4.90 Å². The van der Waals surface area contributed by atoms with Crippen LogP contribution >= 0.6 is 0 Å². The van der Waals surface area contributed by atoms with Crippen molar-refractivity contribution in [2.45, 2.75) is 58.5 Å². The van der Waals surface area contributed by atoms with Crippen LogP contribution in [0.25, 0.3) is 0 Å². The van der Waals surface area contributed by atoms with Gasteiger partial charge in [-0.1, -0.05) is 44.2 Å². The molecule has 1 aromatic rings. The highest BCUT2D eigenvalue weighted by atomic mass is 15.3. The summed E-state index contributed by atoms with van der Waals surface area (Å²) in [6.07, 6.45) is 3.79. The molecule has 1 aromatic carbocycles. The Morgan fingerprint density at radius 1 is 1.19 bits per heavy atom. The Hall–Kier alpha value is -0.860. The molecule has 118 valence electrons. The van der Waals surface area contributed by atoms with E-state index in [9.17, 15) is 0 Å². The number of aryl methyl sites for hydroxylation is 1. The number of hydrogen-bond acceptors (Lipinski definition) is 2. The van der Waals surface area contributed by atoms with Gasteiger partial charge in [0, 0.05) is 24.7 Å². The van der Waals surface area contributed by atoms with E-state index in [0.717, 1.165) is 6.54 Å². The van der Waals surface area contributed by atoms with Crippen molar-refractivity contribution >= 4 is 0 Å². The lowest BCUT2D eigenvalue weighted by atomic mass is 9.92. The topological polar surface area (TPSA) is 15.3 Å². The van der Waals surface area contributed by atoms with Crippen molar-refractivity contribution in [3.8, 4) is 0 Å². The summed E-state index contributed by atoms with van der Waals surface area (Å²) < 4.78 is 0. The first-order valence-corrected chi connectivity index (χ1v) is 8.51. The lowest BCUT2D eigenvalue weighted by Gasteiger charge is -2.47. The summed E-state index contributed by atoms with van der Waals surface area (Å²) in [5.74, 6) is 0.716. The fourth-order valence-electron chi connectivity index (χ4n) is 3.16. The van der Waals surface area contributed by atoms with E-state index in [0.29, 0.717) is 12.0 Å². The van der Waals surface area contributed by atoms with Gasteiger partial charge in [-0.05, 0) is 51.1 Å². The molecule has 1 atom stereocenters. The maximum Gasteiger partial charge on any atom is 0.0278 e. The molecule has 0 bridgehead atoms. The largest absolute Gasteiger partial charge is 0.311 e. The summed E-state index contributed by atoms with van der Waals surface area (Å²) in [5, 5.41) is 3.71. The Kier molecular flexibility index (Phi) is 5.83. The Labute approximate surface area is 130 Å². The molecule has 1 N–H and O–H groups in total. The molecule has 2 heteroatoms. The molecular weight excluding hydrogens is 256 g/mol. The van der Waals surface area contributed by atoms with E-state index in [-0.39, 0.29) is 5.54 Å². The van der Waals surface area contributed by atoms with Gasteiger partial charge in [0.15, 0.2) is 0 Å². The molecule has 21 heavy (non-hydrogen) atoms. The van der Waals surface area contributed by atoms with Crippen LogP contribution in [0.1, 0.15) is 46.1 Å². The molecule has 1 saturated heterocycles. The van der Waals surface area contributed by atoms with Gasteiger partial charge in [-0.15, -0.1) is 0 Å². The highest BCUT2D eigenvalue weighted by molar-refractivity contribution is 5.14. The molecule has 0 radical (unpaired) electrons. The van der Waals surface area contributed by atoms with Gasteiger partial charge in [0.25, 0.3) is 0 Å². The van der Waals surface area contributed by atoms with E-state index in [4.69, 9.17) is 0 Å². The quantitative estimate of drug-likeness (QED) is 0.803. The first-order valence-electron chi connectivity index (χ1n) is 8.51. The SMILES string of the molecule is CC(C)C1CN(CCCCc2ccccc2)C(C)(C)CN1. The fraction of sp³-hybridized carbons (Fsp3) is 0.684. The highest BCUT2D eigenvalue weighted by Crippen LogP contribution is 2.22. The molecule has 1 fully saturated rings. The molecule has 0 aliphatic carbocycles. The first kappa shape index (κ1) is 16.5. The summed E-state index contributed by atoms with van der Waals surface area (Å²) in [6.45, 7) is 12.9. The minimum absolute atomic E-state index is 0.290. The Morgan fingerprint density at radius 3 is 2.57 bits per heavy atom. The molecule has 1 unspecified atom stereocenters. The van der Waals surface area contributed by atoms with Crippen molar-refractivity contribution in [3.63, 3.8) is 0 Å². The fourth-order valence-corrected chi connectivity index (χ4v) is 3.16. The third kappa shape index (κ3) is 4.82. The predicted molar refractivity (Wildman–Crippen MR) is 91.7 cm³/mol. The second-order valence-electron chi connectivity index (χ2n) is 7.43. The first-order chi connectivity index (χ1) is 9.99. The average Bonchev–Trinajstić information content (AvgIpc) is 2.45. The van der Waals surface area contributed by atoms with Crippen molar-refractivity contribution in [3.05, 3.63) is 35.9 Å². The van der Waals surface area contributed by atoms with E-state index < -0.39 is 0 Å². The standard InChI is InChI=1S/C19H32N2/c1-16(2)18-14-21(19(3,4)15-20-18)13-9-8-12-17-10-6-5-7-11-17/h5-7,10-11,16,18,20H,8-9,12-15H2,1-4H3. The molecule has 2 nitrogen and oxygen atoms in total. The second-order valence-corrected chi connectivity index (χ2v) is 7.43. The summed E-state index contributed by atoms with van der Waals surface area (Å²) in [5.41, 5.74) is 1.76. The van der Waals surface area contributed by atoms with Crippen LogP contribution in [0.2, 0.25) is 0 Å². The third-order valence-corrected chi connectivity index (χ3v) is 4.86. The molecule has 2 rings (SSSR count). The van der Waals surface area contributed by atoms with E-state index in [1.807, 2.05) is 0 Å². The summed E-state index contributed by atoms with van der Waals surface area (Å²) in [7, 11) is 0. The summed E-state index contributed by atoms with van der Waals surface area (Å²) >= 11 is 0. The normalized spacial score (nSPS) is 22.6. The maximum absolute atomic E-state index is 3.71. The predicted octanol–water partition coefficient (Wildman–Crippen LogP) is 3.72. The summed E-state index contributed by atoms with van der Waals surface area (Å²) in [6, 6.07) is 11.5. The molecule has 0 spiro atoms. The van der Waals surface area contributed by atoms with Crippen molar-refractivity contribution in [2.75, 3.05) is 19.6 Å². The van der Waals surface area contributed by atoms with Crippen LogP contribution < -0.4 is 5.32 Å². The van der Waals surface area contributed by atoms with Gasteiger partial charge in [-0.25, -0.2) is 0 Å². The number of hydrogen-bond donors (Lipinski definition) is 1. The van der Waals surface area contributed by atoms with Crippen LogP contribution in [0.15, 0.2) is 30.3 Å². The molecule has 0 aromatic heterocycles. The second kappa shape index (κ2) is 7.42. The molecule has 1 aliphatic heterocycles. The van der Waals surface area contributed by atoms with Gasteiger partial charge >= 0.3 is 0 Å². The Morgan fingerprint density at radius 2 is 1.90 bits per heavy atom. The van der Waals surface area contributed by atoms with Crippen LogP contribution in [0.4, 0.5) is 0 Å². The van der Waals surface area contributed by atoms with Gasteiger partial charge in [-0.2, -0.15) is 0 Å². The zero-order valence-electron chi connectivity index (χ0n) is 14.2. The Bertz CT molecular complexity index is 411. The lowest BCUT2D eigenvalue weighted by molar-refractivity contribution is 0.0532. The molecular formula is C19H32N2. The number of nitrogens with one attached hydrogen (secondary N) is 1. The number of piperazine rings is 1. The van der Waals surface area contributed by atoms with Crippen LogP contribution in [0.5, 0.6) is 0 Å². The maximum atomic E-state index is 3.71. The number of rotatable bonds is 6. The van der Waals surface area contributed by atoms with E-state index in [1.54, 1.807) is 0 Å². The zero-order chi connectivity index (χ0) is 15.3. The van der Waals surface area contributed by atoms with Crippen molar-refractivity contribution < 1.29 is 0 Å². The average molecular weight is 288 g/mol. The minimum Gasteiger partial charge on any atom is -0.311 e. The van der Waals surface area contributed by atoms with Crippen molar-refractivity contribution in [2.24, 2.45) is 5.92 Å². The number of nitrogens with zero attached hydrogens (tertiary/aromatic N) is 1. The molecule has 0 saturated carbocycles. The van der Waals surface area contributed by atoms with Gasteiger partial charge in [0.1, 0.15) is 0 Å². The zero-order valence-corrected chi connectivity index (χ0v) is 14.2. The van der Waals surface area contributed by atoms with Crippen LogP contribution in [-0.2, 0) is 6.42 Å². The van der Waals surface area contributed by atoms with Crippen LogP contribution in [0, 0.1) is 5.92 Å². The van der Waals surface area contributed by atoms with E-state index in [2.05, 4.69) is 68.2 Å². The molecule has 0 amide bonds. The Balaban J connectivity index is 1.77. The summed E-state index contributed by atoms with van der Waals surface area (Å²) in [4.78, 5) is 2.69. The van der Waals surface area contributed by atoms with E-state index >= 15 is 0 Å².